The lowest BCUT2D eigenvalue weighted by Crippen LogP contribution is -2.44. The average Bonchev–Trinajstić information content (AvgIpc) is 3.50. The third-order valence-corrected chi connectivity index (χ3v) is 10.0. The first-order valence-electron chi connectivity index (χ1n) is 17.0. The minimum atomic E-state index is -4.73. The van der Waals surface area contributed by atoms with E-state index < -0.39 is 35.9 Å². The Labute approximate surface area is 304 Å². The molecule has 5 N–H and O–H groups in total. The molecule has 0 saturated heterocycles. The van der Waals surface area contributed by atoms with Gasteiger partial charge in [-0.3, -0.25) is 4.79 Å². The summed E-state index contributed by atoms with van der Waals surface area (Å²) in [7, 11) is 2.88. The van der Waals surface area contributed by atoms with Crippen LogP contribution in [0.3, 0.4) is 0 Å². The number of aromatic nitrogens is 2. The Hall–Kier alpha value is -4.43. The predicted octanol–water partition coefficient (Wildman–Crippen LogP) is 7.02. The van der Waals surface area contributed by atoms with Crippen molar-refractivity contribution in [2.24, 2.45) is 5.92 Å². The Bertz CT molecular complexity index is 1950. The number of rotatable bonds is 14. The highest BCUT2D eigenvalue weighted by Gasteiger charge is 2.38. The second kappa shape index (κ2) is 15.3. The van der Waals surface area contributed by atoms with Crippen molar-refractivity contribution in [3.8, 4) is 34.1 Å². The van der Waals surface area contributed by atoms with Gasteiger partial charge in [-0.05, 0) is 73.9 Å². The largest absolute Gasteiger partial charge is 0.481 e. The van der Waals surface area contributed by atoms with Crippen LogP contribution in [0, 0.1) is 5.92 Å². The summed E-state index contributed by atoms with van der Waals surface area (Å²) in [4.78, 5) is 19.9. The van der Waals surface area contributed by atoms with Gasteiger partial charge in [-0.1, -0.05) is 54.1 Å². The lowest BCUT2D eigenvalue weighted by atomic mass is 9.72. The Balaban J connectivity index is 1.24. The Morgan fingerprint density at radius 2 is 1.63 bits per heavy atom. The van der Waals surface area contributed by atoms with E-state index in [0.29, 0.717) is 47.5 Å². The molecule has 14 heteroatoms. The molecule has 2 aliphatic rings. The van der Waals surface area contributed by atoms with Crippen molar-refractivity contribution in [2.45, 2.75) is 63.5 Å². The Morgan fingerprint density at radius 1 is 0.962 bits per heavy atom. The van der Waals surface area contributed by atoms with E-state index in [0.717, 1.165) is 53.3 Å². The number of carbonyl (C=O) groups is 1. The molecule has 1 saturated carbocycles. The molecule has 0 spiro atoms. The van der Waals surface area contributed by atoms with Crippen molar-refractivity contribution < 1.29 is 37.7 Å². The molecule has 1 fully saturated rings. The number of benzene rings is 2. The van der Waals surface area contributed by atoms with E-state index in [1.165, 1.54) is 7.11 Å². The maximum Gasteiger partial charge on any atom is 0.419 e. The highest BCUT2D eigenvalue weighted by Crippen LogP contribution is 2.45. The van der Waals surface area contributed by atoms with E-state index in [9.17, 15) is 23.1 Å². The summed E-state index contributed by atoms with van der Waals surface area (Å²) < 4.78 is 53.9. The number of halogens is 4. The number of nitrogens with zero attached hydrogens (tertiary/aromatic N) is 2. The normalized spacial score (nSPS) is 19.5. The SMILES string of the molecule is COc1nc(-c2cccc(-c3cccc4c3CC[C@@H]4Nc3nc(OC)c(CNCC(=O)O)cc3C(F)(F)F)c2Cl)ccc1CNC[C@H]1C[C@](C)(O)C1. The van der Waals surface area contributed by atoms with Crippen molar-refractivity contribution in [2.75, 3.05) is 32.6 Å². The number of pyridine rings is 2. The minimum absolute atomic E-state index is 0.0395. The first-order valence-corrected chi connectivity index (χ1v) is 17.4. The van der Waals surface area contributed by atoms with Crippen molar-refractivity contribution in [3.05, 3.63) is 87.4 Å². The van der Waals surface area contributed by atoms with Crippen LogP contribution in [-0.4, -0.2) is 59.1 Å². The molecule has 2 aromatic carbocycles. The van der Waals surface area contributed by atoms with Gasteiger partial charge in [-0.15, -0.1) is 0 Å². The van der Waals surface area contributed by atoms with Gasteiger partial charge in [0.25, 0.3) is 0 Å². The smallest absolute Gasteiger partial charge is 0.419 e. The number of ether oxygens (including phenoxy) is 2. The number of carboxylic acids is 1. The van der Waals surface area contributed by atoms with Crippen LogP contribution < -0.4 is 25.4 Å². The zero-order chi connectivity index (χ0) is 37.2. The number of anilines is 1. The van der Waals surface area contributed by atoms with E-state index in [1.54, 1.807) is 7.11 Å². The van der Waals surface area contributed by atoms with Crippen LogP contribution in [0.1, 0.15) is 60.0 Å². The highest BCUT2D eigenvalue weighted by atomic mass is 35.5. The van der Waals surface area contributed by atoms with Crippen LogP contribution >= 0.6 is 11.6 Å². The topological polar surface area (TPSA) is 138 Å². The minimum Gasteiger partial charge on any atom is -0.481 e. The number of aliphatic hydroxyl groups is 1. The van der Waals surface area contributed by atoms with Crippen molar-refractivity contribution in [1.29, 1.82) is 0 Å². The molecule has 0 radical (unpaired) electrons. The van der Waals surface area contributed by atoms with Crippen LogP contribution in [0.5, 0.6) is 11.8 Å². The van der Waals surface area contributed by atoms with Crippen molar-refractivity contribution >= 4 is 23.4 Å². The summed E-state index contributed by atoms with van der Waals surface area (Å²) in [5, 5.41) is 28.5. The standard InChI is InChI=1S/C38H41ClF3N5O5/c1-37(50)15-21(16-37)17-43-18-22-10-12-31(46-35(22)51-2)28-9-5-8-27(33(28)39)24-6-4-7-26-25(24)11-13-30(26)45-34-29(38(40,41)42)14-23(36(47-34)52-3)19-44-20-32(48)49/h4-10,12,14,21,30,43-44,50H,11,13,15-20H2,1-3H3,(H,45,47)(H,48,49)/t21-,30-,37-/m0/s1. The first-order chi connectivity index (χ1) is 24.8. The van der Waals surface area contributed by atoms with Gasteiger partial charge in [0.2, 0.25) is 11.8 Å². The van der Waals surface area contributed by atoms with E-state index >= 15 is 0 Å². The molecular formula is C38H41ClF3N5O5. The number of methoxy groups -OCH3 is 2. The number of hydrogen-bond acceptors (Lipinski definition) is 9. The predicted molar refractivity (Wildman–Crippen MR) is 192 cm³/mol. The molecule has 10 nitrogen and oxygen atoms in total. The molecule has 6 rings (SSSR count). The monoisotopic (exact) mass is 739 g/mol. The average molecular weight is 740 g/mol. The molecule has 52 heavy (non-hydrogen) atoms. The van der Waals surface area contributed by atoms with Crippen LogP contribution in [0.25, 0.3) is 22.4 Å². The number of hydrogen-bond donors (Lipinski definition) is 5. The molecule has 2 aromatic heterocycles. The molecule has 0 amide bonds. The van der Waals surface area contributed by atoms with Crippen LogP contribution in [0.15, 0.2) is 54.6 Å². The number of carboxylic acid groups (broad SMARTS) is 1. The molecule has 1 atom stereocenters. The molecule has 0 aliphatic heterocycles. The lowest BCUT2D eigenvalue weighted by Gasteiger charge is -2.41. The Kier molecular flexibility index (Phi) is 11.0. The van der Waals surface area contributed by atoms with Gasteiger partial charge >= 0.3 is 12.1 Å². The van der Waals surface area contributed by atoms with E-state index in [1.807, 2.05) is 55.5 Å². The molecule has 0 unspecified atom stereocenters. The van der Waals surface area contributed by atoms with Gasteiger partial charge in [0.1, 0.15) is 5.82 Å². The summed E-state index contributed by atoms with van der Waals surface area (Å²) in [5.74, 6) is -0.632. The van der Waals surface area contributed by atoms with Gasteiger partial charge in [-0.25, -0.2) is 4.98 Å². The zero-order valence-corrected chi connectivity index (χ0v) is 29.8. The number of nitrogens with one attached hydrogen (secondary N) is 3. The quantitative estimate of drug-likeness (QED) is 0.0917. The lowest BCUT2D eigenvalue weighted by molar-refractivity contribution is -0.137. The molecule has 2 heterocycles. The van der Waals surface area contributed by atoms with Crippen LogP contribution in [-0.2, 0) is 30.5 Å². The van der Waals surface area contributed by atoms with Crippen LogP contribution in [0.4, 0.5) is 19.0 Å². The number of alkyl halides is 3. The molecule has 4 aromatic rings. The Morgan fingerprint density at radius 3 is 2.33 bits per heavy atom. The van der Waals surface area contributed by atoms with E-state index in [2.05, 4.69) is 20.9 Å². The summed E-state index contributed by atoms with van der Waals surface area (Å²) in [6.45, 7) is 2.62. The molecular weight excluding hydrogens is 699 g/mol. The zero-order valence-electron chi connectivity index (χ0n) is 29.0. The third-order valence-electron chi connectivity index (χ3n) is 9.64. The number of aliphatic carboxylic acids is 1. The van der Waals surface area contributed by atoms with Gasteiger partial charge in [0.15, 0.2) is 0 Å². The fraction of sp³-hybridized carbons (Fsp3) is 0.395. The third kappa shape index (κ3) is 8.12. The summed E-state index contributed by atoms with van der Waals surface area (Å²) in [6, 6.07) is 15.7. The van der Waals surface area contributed by atoms with E-state index in [4.69, 9.17) is 31.2 Å². The second-order valence-corrected chi connectivity index (χ2v) is 14.0. The second-order valence-electron chi connectivity index (χ2n) is 13.6. The van der Waals surface area contributed by atoms with Gasteiger partial charge in [-0.2, -0.15) is 18.2 Å². The molecule has 0 bridgehead atoms. The summed E-state index contributed by atoms with van der Waals surface area (Å²) in [6.07, 6.45) is -2.07. The maximum absolute atomic E-state index is 14.3. The van der Waals surface area contributed by atoms with Crippen molar-refractivity contribution in [3.63, 3.8) is 0 Å². The fourth-order valence-electron chi connectivity index (χ4n) is 7.30. The molecule has 276 valence electrons. The molecule has 2 aliphatic carbocycles. The maximum atomic E-state index is 14.3. The fourth-order valence-corrected chi connectivity index (χ4v) is 7.63. The van der Waals surface area contributed by atoms with Gasteiger partial charge in [0, 0.05) is 35.3 Å². The van der Waals surface area contributed by atoms with Crippen LogP contribution in [0.2, 0.25) is 5.02 Å². The van der Waals surface area contributed by atoms with Gasteiger partial charge in [0.05, 0.1) is 48.7 Å². The number of fused-ring (bicyclic) bond motifs is 1. The highest BCUT2D eigenvalue weighted by molar-refractivity contribution is 6.36. The summed E-state index contributed by atoms with van der Waals surface area (Å²) >= 11 is 7.10. The summed E-state index contributed by atoms with van der Waals surface area (Å²) in [5.41, 5.74) is 4.24. The van der Waals surface area contributed by atoms with E-state index in [-0.39, 0.29) is 23.8 Å². The first kappa shape index (κ1) is 37.3. The van der Waals surface area contributed by atoms with Gasteiger partial charge < -0.3 is 35.6 Å². The van der Waals surface area contributed by atoms with Crippen molar-refractivity contribution in [1.82, 2.24) is 20.6 Å².